The molecule has 0 unspecified atom stereocenters. The zero-order valence-electron chi connectivity index (χ0n) is 10.3. The first-order valence-corrected chi connectivity index (χ1v) is 7.52. The lowest BCUT2D eigenvalue weighted by molar-refractivity contribution is -0.139. The third-order valence-corrected chi connectivity index (χ3v) is 4.00. The summed E-state index contributed by atoms with van der Waals surface area (Å²) in [5.74, 6) is 0.0219. The Balaban J connectivity index is 1.87. The van der Waals surface area contributed by atoms with E-state index in [1.54, 1.807) is 6.92 Å². The van der Waals surface area contributed by atoms with E-state index in [1.165, 1.54) is 23.1 Å². The molecule has 2 rings (SSSR count). The number of thioether (sulfide) groups is 1. The average Bonchev–Trinajstić information content (AvgIpc) is 2.86. The summed E-state index contributed by atoms with van der Waals surface area (Å²) in [6.07, 6.45) is 0. The van der Waals surface area contributed by atoms with Crippen molar-refractivity contribution in [2.45, 2.75) is 11.3 Å². The Morgan fingerprint density at radius 3 is 2.89 bits per heavy atom. The zero-order valence-corrected chi connectivity index (χ0v) is 12.0. The van der Waals surface area contributed by atoms with Gasteiger partial charge in [-0.05, 0) is 19.1 Å². The van der Waals surface area contributed by atoms with Gasteiger partial charge in [0, 0.05) is 5.69 Å². The van der Waals surface area contributed by atoms with Crippen LogP contribution in [0.15, 0.2) is 34.7 Å². The van der Waals surface area contributed by atoms with Crippen molar-refractivity contribution in [3.05, 3.63) is 30.3 Å². The van der Waals surface area contributed by atoms with E-state index in [2.05, 4.69) is 15.5 Å². The molecule has 0 spiro atoms. The van der Waals surface area contributed by atoms with Crippen LogP contribution >= 0.6 is 23.1 Å². The first-order valence-electron chi connectivity index (χ1n) is 5.72. The van der Waals surface area contributed by atoms with Gasteiger partial charge in [-0.25, -0.2) is 0 Å². The van der Waals surface area contributed by atoms with Gasteiger partial charge in [-0.2, -0.15) is 0 Å². The van der Waals surface area contributed by atoms with E-state index in [1.807, 2.05) is 30.3 Å². The lowest BCUT2D eigenvalue weighted by Gasteiger charge is -1.99. The largest absolute Gasteiger partial charge is 0.465 e. The molecule has 0 bridgehead atoms. The molecule has 0 aliphatic rings. The molecule has 0 saturated carbocycles. The lowest BCUT2D eigenvalue weighted by atomic mass is 10.3. The molecule has 0 amide bonds. The monoisotopic (exact) mass is 295 g/mol. The molecule has 1 N–H and O–H groups in total. The highest BCUT2D eigenvalue weighted by Crippen LogP contribution is 2.27. The van der Waals surface area contributed by atoms with Crippen molar-refractivity contribution in [3.63, 3.8) is 0 Å². The maximum atomic E-state index is 11.2. The van der Waals surface area contributed by atoms with Crippen LogP contribution in [0.25, 0.3) is 0 Å². The minimum atomic E-state index is -0.236. The molecule has 5 nitrogen and oxygen atoms in total. The second kappa shape index (κ2) is 7.10. The molecular weight excluding hydrogens is 282 g/mol. The fourth-order valence-corrected chi connectivity index (χ4v) is 2.86. The van der Waals surface area contributed by atoms with Crippen LogP contribution in [0.4, 0.5) is 10.8 Å². The minimum Gasteiger partial charge on any atom is -0.465 e. The fraction of sp³-hybridized carbons (Fsp3) is 0.250. The van der Waals surface area contributed by atoms with E-state index in [0.717, 1.165) is 10.0 Å². The smallest absolute Gasteiger partial charge is 0.316 e. The van der Waals surface area contributed by atoms with Gasteiger partial charge in [-0.15, -0.1) is 10.2 Å². The number of esters is 1. The number of benzene rings is 1. The number of hydrogen-bond acceptors (Lipinski definition) is 7. The third kappa shape index (κ3) is 4.53. The van der Waals surface area contributed by atoms with Gasteiger partial charge in [0.25, 0.3) is 0 Å². The number of para-hydroxylation sites is 1. The summed E-state index contributed by atoms with van der Waals surface area (Å²) in [5.41, 5.74) is 0.959. The van der Waals surface area contributed by atoms with Crippen LogP contribution in [-0.4, -0.2) is 28.5 Å². The van der Waals surface area contributed by atoms with Crippen LogP contribution in [0, 0.1) is 0 Å². The number of carbonyl (C=O) groups excluding carboxylic acids is 1. The zero-order chi connectivity index (χ0) is 13.5. The highest BCUT2D eigenvalue weighted by Gasteiger charge is 2.08. The summed E-state index contributed by atoms with van der Waals surface area (Å²) >= 11 is 2.74. The Morgan fingerprint density at radius 2 is 2.16 bits per heavy atom. The highest BCUT2D eigenvalue weighted by atomic mass is 32.2. The maximum absolute atomic E-state index is 11.2. The molecule has 0 radical (unpaired) electrons. The van der Waals surface area contributed by atoms with E-state index in [0.29, 0.717) is 11.7 Å². The molecule has 100 valence electrons. The summed E-state index contributed by atoms with van der Waals surface area (Å²) in [6, 6.07) is 9.74. The number of hydrogen-bond donors (Lipinski definition) is 1. The molecule has 7 heteroatoms. The first-order chi connectivity index (χ1) is 9.28. The Kier molecular flexibility index (Phi) is 5.17. The number of carbonyl (C=O) groups is 1. The number of aromatic nitrogens is 2. The van der Waals surface area contributed by atoms with Crippen LogP contribution in [0.1, 0.15) is 6.92 Å². The van der Waals surface area contributed by atoms with Gasteiger partial charge in [0.15, 0.2) is 4.34 Å². The van der Waals surface area contributed by atoms with Crippen LogP contribution in [0.5, 0.6) is 0 Å². The van der Waals surface area contributed by atoms with Crippen molar-refractivity contribution < 1.29 is 9.53 Å². The Bertz CT molecular complexity index is 531. The number of nitrogens with zero attached hydrogens (tertiary/aromatic N) is 2. The second-order valence-corrected chi connectivity index (χ2v) is 5.66. The quantitative estimate of drug-likeness (QED) is 0.653. The second-order valence-electron chi connectivity index (χ2n) is 3.46. The van der Waals surface area contributed by atoms with Crippen molar-refractivity contribution >= 4 is 39.9 Å². The third-order valence-electron chi connectivity index (χ3n) is 2.05. The molecule has 0 fully saturated rings. The molecule has 1 aromatic heterocycles. The standard InChI is InChI=1S/C12H13N3O2S2/c1-2-17-10(16)8-18-12-15-14-11(19-12)13-9-6-4-3-5-7-9/h3-7H,2,8H2,1H3,(H,13,14). The van der Waals surface area contributed by atoms with Gasteiger partial charge < -0.3 is 10.1 Å². The van der Waals surface area contributed by atoms with Gasteiger partial charge in [0.1, 0.15) is 0 Å². The van der Waals surface area contributed by atoms with Crippen LogP contribution in [0.3, 0.4) is 0 Å². The summed E-state index contributed by atoms with van der Waals surface area (Å²) in [4.78, 5) is 11.2. The fourth-order valence-electron chi connectivity index (χ4n) is 1.29. The van der Waals surface area contributed by atoms with Crippen LogP contribution in [-0.2, 0) is 9.53 Å². The molecule has 1 heterocycles. The molecular formula is C12H13N3O2S2. The molecule has 0 saturated heterocycles. The van der Waals surface area contributed by atoms with E-state index < -0.39 is 0 Å². The summed E-state index contributed by atoms with van der Waals surface area (Å²) in [5, 5.41) is 11.9. The predicted molar refractivity (Wildman–Crippen MR) is 77.0 cm³/mol. The van der Waals surface area contributed by atoms with E-state index >= 15 is 0 Å². The average molecular weight is 295 g/mol. The van der Waals surface area contributed by atoms with Crippen molar-refractivity contribution in [1.82, 2.24) is 10.2 Å². The number of nitrogens with one attached hydrogen (secondary N) is 1. The lowest BCUT2D eigenvalue weighted by Crippen LogP contribution is -2.06. The SMILES string of the molecule is CCOC(=O)CSc1nnc(Nc2ccccc2)s1. The Labute approximate surface area is 119 Å². The number of rotatable bonds is 6. The summed E-state index contributed by atoms with van der Waals surface area (Å²) in [7, 11) is 0. The highest BCUT2D eigenvalue weighted by molar-refractivity contribution is 8.01. The predicted octanol–water partition coefficient (Wildman–Crippen LogP) is 2.94. The molecule has 1 aromatic carbocycles. The molecule has 0 atom stereocenters. The number of ether oxygens (including phenoxy) is 1. The van der Waals surface area contributed by atoms with E-state index in [4.69, 9.17) is 4.74 Å². The van der Waals surface area contributed by atoms with Crippen molar-refractivity contribution in [3.8, 4) is 0 Å². The molecule has 2 aromatic rings. The molecule has 0 aliphatic heterocycles. The normalized spacial score (nSPS) is 10.2. The van der Waals surface area contributed by atoms with Crippen molar-refractivity contribution in [2.75, 3.05) is 17.7 Å². The van der Waals surface area contributed by atoms with Crippen molar-refractivity contribution in [2.24, 2.45) is 0 Å². The van der Waals surface area contributed by atoms with Gasteiger partial charge in [0.05, 0.1) is 12.4 Å². The van der Waals surface area contributed by atoms with E-state index in [9.17, 15) is 4.79 Å². The van der Waals surface area contributed by atoms with Gasteiger partial charge in [0.2, 0.25) is 5.13 Å². The number of anilines is 2. The minimum absolute atomic E-state index is 0.236. The Hall–Kier alpha value is -1.60. The van der Waals surface area contributed by atoms with Crippen LogP contribution in [0.2, 0.25) is 0 Å². The van der Waals surface area contributed by atoms with Gasteiger partial charge in [-0.1, -0.05) is 41.3 Å². The first kappa shape index (κ1) is 13.8. The van der Waals surface area contributed by atoms with Crippen LogP contribution < -0.4 is 5.32 Å². The molecule has 19 heavy (non-hydrogen) atoms. The Morgan fingerprint density at radius 1 is 1.37 bits per heavy atom. The summed E-state index contributed by atoms with van der Waals surface area (Å²) < 4.78 is 5.59. The van der Waals surface area contributed by atoms with Gasteiger partial charge >= 0.3 is 5.97 Å². The molecule has 0 aliphatic carbocycles. The van der Waals surface area contributed by atoms with Gasteiger partial charge in [-0.3, -0.25) is 4.79 Å². The topological polar surface area (TPSA) is 64.1 Å². The van der Waals surface area contributed by atoms with E-state index in [-0.39, 0.29) is 11.7 Å². The summed E-state index contributed by atoms with van der Waals surface area (Å²) in [6.45, 7) is 2.19. The maximum Gasteiger partial charge on any atom is 0.316 e. The van der Waals surface area contributed by atoms with Crippen molar-refractivity contribution in [1.29, 1.82) is 0 Å².